The molecule has 0 aliphatic heterocycles. The lowest BCUT2D eigenvalue weighted by molar-refractivity contribution is -0.154. The molecular weight excluding hydrogens is 232 g/mol. The quantitative estimate of drug-likeness (QED) is 0.426. The van der Waals surface area contributed by atoms with Crippen LogP contribution in [-0.2, 0) is 19.1 Å². The highest BCUT2D eigenvalue weighted by atomic mass is 16.5. The van der Waals surface area contributed by atoms with E-state index in [1.54, 1.807) is 6.92 Å². The third kappa shape index (κ3) is 2.86. The molecule has 1 aliphatic carbocycles. The fourth-order valence-electron chi connectivity index (χ4n) is 2.53. The number of rotatable bonds is 5. The molecule has 0 unspecified atom stereocenters. The van der Waals surface area contributed by atoms with E-state index >= 15 is 0 Å². The number of methoxy groups -OCH3 is 1. The van der Waals surface area contributed by atoms with Crippen molar-refractivity contribution in [1.82, 2.24) is 0 Å². The third-order valence-electron chi connectivity index (χ3n) is 3.84. The normalized spacial score (nSPS) is 30.8. The molecule has 1 aliphatic rings. The molecule has 0 N–H and O–H groups in total. The standard InChI is InChI=1S/C14H20O4/c1-10(16)7-8-11-5-4-6-12(13(17)18-3)14(11,2)9-15/h4-5,9,11-12H,6-8H2,1-3H3/t11-,12+,14-/m0/s1. The van der Waals surface area contributed by atoms with E-state index in [-0.39, 0.29) is 17.7 Å². The molecule has 0 aromatic carbocycles. The fourth-order valence-corrected chi connectivity index (χ4v) is 2.53. The number of ether oxygens (including phenoxy) is 1. The van der Waals surface area contributed by atoms with Gasteiger partial charge in [-0.15, -0.1) is 0 Å². The lowest BCUT2D eigenvalue weighted by Gasteiger charge is -2.39. The van der Waals surface area contributed by atoms with Gasteiger partial charge in [-0.1, -0.05) is 19.1 Å². The van der Waals surface area contributed by atoms with Crippen molar-refractivity contribution in [3.8, 4) is 0 Å². The van der Waals surface area contributed by atoms with Crippen LogP contribution in [0.1, 0.15) is 33.1 Å². The smallest absolute Gasteiger partial charge is 0.309 e. The summed E-state index contributed by atoms with van der Waals surface area (Å²) in [7, 11) is 1.33. The van der Waals surface area contributed by atoms with Crippen LogP contribution in [0, 0.1) is 17.3 Å². The van der Waals surface area contributed by atoms with Gasteiger partial charge in [0, 0.05) is 11.8 Å². The van der Waals surface area contributed by atoms with Crippen LogP contribution in [0.25, 0.3) is 0 Å². The number of carbonyl (C=O) groups excluding carboxylic acids is 3. The Bertz CT molecular complexity index is 372. The van der Waals surface area contributed by atoms with Crippen molar-refractivity contribution < 1.29 is 19.1 Å². The summed E-state index contributed by atoms with van der Waals surface area (Å²) >= 11 is 0. The summed E-state index contributed by atoms with van der Waals surface area (Å²) in [4.78, 5) is 34.2. The van der Waals surface area contributed by atoms with E-state index in [2.05, 4.69) is 0 Å². The molecule has 100 valence electrons. The number of carbonyl (C=O) groups is 3. The number of hydrogen-bond acceptors (Lipinski definition) is 4. The SMILES string of the molecule is COC(=O)[C@H]1CC=C[C@@H](CCC(C)=O)[C@]1(C)C=O. The van der Waals surface area contributed by atoms with Crippen LogP contribution < -0.4 is 0 Å². The van der Waals surface area contributed by atoms with Gasteiger partial charge in [-0.05, 0) is 25.7 Å². The second-order valence-corrected chi connectivity index (χ2v) is 5.07. The first-order valence-electron chi connectivity index (χ1n) is 6.16. The zero-order chi connectivity index (χ0) is 13.8. The molecule has 0 radical (unpaired) electrons. The number of hydrogen-bond donors (Lipinski definition) is 0. The highest BCUT2D eigenvalue weighted by Crippen LogP contribution is 2.43. The number of ketones is 1. The first kappa shape index (κ1) is 14.6. The highest BCUT2D eigenvalue weighted by Gasteiger charge is 2.45. The monoisotopic (exact) mass is 252 g/mol. The van der Waals surface area contributed by atoms with E-state index in [0.29, 0.717) is 19.3 Å². The zero-order valence-corrected chi connectivity index (χ0v) is 11.1. The predicted octanol–water partition coefficient (Wildman–Crippen LogP) is 1.93. The average Bonchev–Trinajstić information content (AvgIpc) is 2.36. The van der Waals surface area contributed by atoms with Crippen molar-refractivity contribution in [2.45, 2.75) is 33.1 Å². The Kier molecular flexibility index (Phi) is 4.82. The van der Waals surface area contributed by atoms with Gasteiger partial charge >= 0.3 is 5.97 Å². The number of esters is 1. The summed E-state index contributed by atoms with van der Waals surface area (Å²) in [5.41, 5.74) is -0.780. The molecule has 0 spiro atoms. The molecule has 1 rings (SSSR count). The lowest BCUT2D eigenvalue weighted by atomic mass is 9.63. The first-order valence-corrected chi connectivity index (χ1v) is 6.16. The molecule has 0 aromatic heterocycles. The summed E-state index contributed by atoms with van der Waals surface area (Å²) in [5.74, 6) is -0.808. The molecule has 0 heterocycles. The van der Waals surface area contributed by atoms with Crippen LogP contribution in [0.2, 0.25) is 0 Å². The third-order valence-corrected chi connectivity index (χ3v) is 3.84. The van der Waals surface area contributed by atoms with Crippen LogP contribution in [0.3, 0.4) is 0 Å². The summed E-state index contributed by atoms with van der Waals surface area (Å²) in [6.45, 7) is 3.30. The Morgan fingerprint density at radius 2 is 2.17 bits per heavy atom. The number of aldehydes is 1. The minimum Gasteiger partial charge on any atom is -0.469 e. The lowest BCUT2D eigenvalue weighted by Crippen LogP contribution is -2.43. The van der Waals surface area contributed by atoms with Crippen molar-refractivity contribution in [2.75, 3.05) is 7.11 Å². The molecule has 0 fully saturated rings. The minimum atomic E-state index is -0.780. The molecular formula is C14H20O4. The van der Waals surface area contributed by atoms with Gasteiger partial charge in [-0.3, -0.25) is 4.79 Å². The van der Waals surface area contributed by atoms with Gasteiger partial charge < -0.3 is 14.3 Å². The topological polar surface area (TPSA) is 60.4 Å². The summed E-state index contributed by atoms with van der Waals surface area (Å²) < 4.78 is 4.76. The van der Waals surface area contributed by atoms with E-state index in [4.69, 9.17) is 4.74 Å². The van der Waals surface area contributed by atoms with Crippen molar-refractivity contribution >= 4 is 18.0 Å². The summed E-state index contributed by atoms with van der Waals surface area (Å²) in [6, 6.07) is 0. The minimum absolute atomic E-state index is 0.0863. The Labute approximate surface area is 107 Å². The average molecular weight is 252 g/mol. The molecule has 0 amide bonds. The van der Waals surface area contributed by atoms with Crippen LogP contribution >= 0.6 is 0 Å². The Hall–Kier alpha value is -1.45. The maximum absolute atomic E-state index is 11.7. The van der Waals surface area contributed by atoms with Gasteiger partial charge in [0.1, 0.15) is 12.1 Å². The van der Waals surface area contributed by atoms with Crippen molar-refractivity contribution in [1.29, 1.82) is 0 Å². The van der Waals surface area contributed by atoms with E-state index in [1.807, 2.05) is 12.2 Å². The van der Waals surface area contributed by atoms with Crippen LogP contribution in [0.15, 0.2) is 12.2 Å². The second-order valence-electron chi connectivity index (χ2n) is 5.07. The summed E-state index contributed by atoms with van der Waals surface area (Å²) in [5, 5.41) is 0. The van der Waals surface area contributed by atoms with Gasteiger partial charge in [0.15, 0.2) is 0 Å². The zero-order valence-electron chi connectivity index (χ0n) is 11.1. The van der Waals surface area contributed by atoms with E-state index < -0.39 is 11.3 Å². The van der Waals surface area contributed by atoms with Gasteiger partial charge in [0.2, 0.25) is 0 Å². The fraction of sp³-hybridized carbons (Fsp3) is 0.643. The van der Waals surface area contributed by atoms with Crippen LogP contribution in [-0.4, -0.2) is 25.1 Å². The van der Waals surface area contributed by atoms with Gasteiger partial charge in [-0.25, -0.2) is 0 Å². The molecule has 0 saturated heterocycles. The van der Waals surface area contributed by atoms with Crippen molar-refractivity contribution in [3.05, 3.63) is 12.2 Å². The Balaban J connectivity index is 2.93. The molecule has 0 aromatic rings. The molecule has 18 heavy (non-hydrogen) atoms. The number of allylic oxidation sites excluding steroid dienone is 2. The Morgan fingerprint density at radius 1 is 1.50 bits per heavy atom. The largest absolute Gasteiger partial charge is 0.469 e. The highest BCUT2D eigenvalue weighted by molar-refractivity contribution is 5.80. The predicted molar refractivity (Wildman–Crippen MR) is 66.8 cm³/mol. The maximum atomic E-state index is 11.7. The van der Waals surface area contributed by atoms with E-state index in [1.165, 1.54) is 14.0 Å². The molecule has 3 atom stereocenters. The van der Waals surface area contributed by atoms with E-state index in [9.17, 15) is 14.4 Å². The van der Waals surface area contributed by atoms with Crippen LogP contribution in [0.4, 0.5) is 0 Å². The first-order chi connectivity index (χ1) is 8.45. The van der Waals surface area contributed by atoms with Crippen LogP contribution in [0.5, 0.6) is 0 Å². The van der Waals surface area contributed by atoms with E-state index in [0.717, 1.165) is 6.29 Å². The van der Waals surface area contributed by atoms with Crippen molar-refractivity contribution in [2.24, 2.45) is 17.3 Å². The van der Waals surface area contributed by atoms with Gasteiger partial charge in [-0.2, -0.15) is 0 Å². The number of Topliss-reactive ketones (excluding diaryl/α,β-unsaturated/α-hetero) is 1. The van der Waals surface area contributed by atoms with Crippen molar-refractivity contribution in [3.63, 3.8) is 0 Å². The maximum Gasteiger partial charge on any atom is 0.309 e. The second kappa shape index (κ2) is 5.94. The molecule has 0 saturated carbocycles. The molecule has 4 heteroatoms. The van der Waals surface area contributed by atoms with Gasteiger partial charge in [0.05, 0.1) is 13.0 Å². The molecule has 4 nitrogen and oxygen atoms in total. The van der Waals surface area contributed by atoms with Gasteiger partial charge in [0.25, 0.3) is 0 Å². The molecule has 0 bridgehead atoms. The Morgan fingerprint density at radius 3 is 2.67 bits per heavy atom. The summed E-state index contributed by atoms with van der Waals surface area (Å²) in [6.07, 6.45) is 6.21.